The van der Waals surface area contributed by atoms with Crippen LogP contribution in [0.3, 0.4) is 0 Å². The summed E-state index contributed by atoms with van der Waals surface area (Å²) in [5, 5.41) is 12.9. The molecule has 11 heteroatoms. The molecule has 7 nitrogen and oxygen atoms in total. The second-order valence-corrected chi connectivity index (χ2v) is 6.71. The van der Waals surface area contributed by atoms with Crippen molar-refractivity contribution in [3.05, 3.63) is 29.8 Å². The highest BCUT2D eigenvalue weighted by atomic mass is 127. The number of ether oxygens (including phenoxy) is 1. The number of amides is 1. The lowest BCUT2D eigenvalue weighted by molar-refractivity contribution is -0.179. The predicted octanol–water partition coefficient (Wildman–Crippen LogP) is 3.04. The molecule has 1 saturated heterocycles. The van der Waals surface area contributed by atoms with E-state index in [4.69, 9.17) is 9.84 Å². The van der Waals surface area contributed by atoms with E-state index < -0.39 is 12.1 Å². The molecule has 4 N–H and O–H groups in total. The molecule has 2 aromatic rings. The number of fused-ring (bicyclic) bond motifs is 1. The zero-order chi connectivity index (χ0) is 22.3. The first kappa shape index (κ1) is 24.4. The topological polar surface area (TPSA) is 101 Å². The molecule has 1 fully saturated rings. The molecular weight excluding hydrogens is 516 g/mol. The summed E-state index contributed by atoms with van der Waals surface area (Å²) in [4.78, 5) is 18.4. The number of nitrogens with one attached hydrogen (secondary N) is 1. The minimum absolute atomic E-state index is 0.0194. The van der Waals surface area contributed by atoms with Crippen molar-refractivity contribution in [2.75, 3.05) is 38.3 Å². The quantitative estimate of drug-likeness (QED) is 0.399. The Hall–Kier alpha value is -1.86. The summed E-state index contributed by atoms with van der Waals surface area (Å²) < 4.78 is 48.5. The van der Waals surface area contributed by atoms with Gasteiger partial charge in [0, 0.05) is 59.5 Å². The molecule has 0 bridgehead atoms. The van der Waals surface area contributed by atoms with E-state index in [9.17, 15) is 18.0 Å². The Kier molecular flexibility index (Phi) is 8.92. The Labute approximate surface area is 186 Å². The van der Waals surface area contributed by atoms with Gasteiger partial charge in [0.15, 0.2) is 0 Å². The van der Waals surface area contributed by atoms with Crippen LogP contribution < -0.4 is 18.9 Å². The summed E-state index contributed by atoms with van der Waals surface area (Å²) in [7, 11) is 1.46. The van der Waals surface area contributed by atoms with E-state index in [1.54, 1.807) is 47.1 Å². The van der Waals surface area contributed by atoms with E-state index >= 15 is 0 Å². The van der Waals surface area contributed by atoms with Gasteiger partial charge >= 0.3 is 6.18 Å². The fourth-order valence-electron chi connectivity index (χ4n) is 3.39. The van der Waals surface area contributed by atoms with E-state index in [0.29, 0.717) is 22.6 Å². The maximum Gasteiger partial charge on any atom is 0.391 e. The van der Waals surface area contributed by atoms with Crippen LogP contribution >= 0.6 is 22.9 Å². The Morgan fingerprint density at radius 1 is 1.33 bits per heavy atom. The number of carbonyl (C=O) groups excluding carboxylic acids is 1. The molecule has 0 radical (unpaired) electrons. The van der Waals surface area contributed by atoms with Crippen molar-refractivity contribution in [1.29, 1.82) is 0 Å². The second-order valence-electron chi connectivity index (χ2n) is 6.71. The van der Waals surface area contributed by atoms with Gasteiger partial charge in [0.05, 0.1) is 19.6 Å². The highest BCUT2D eigenvalue weighted by Crippen LogP contribution is 2.37. The Bertz CT molecular complexity index is 859. The van der Waals surface area contributed by atoms with Gasteiger partial charge in [-0.1, -0.05) is 0 Å². The molecule has 1 aliphatic rings. The van der Waals surface area contributed by atoms with Crippen LogP contribution in [0.5, 0.6) is 5.88 Å². The smallest absolute Gasteiger partial charge is 0.391 e. The van der Waals surface area contributed by atoms with Gasteiger partial charge in [-0.05, 0) is 36.4 Å². The van der Waals surface area contributed by atoms with Crippen LogP contribution in [0.15, 0.2) is 24.3 Å². The van der Waals surface area contributed by atoms with Crippen molar-refractivity contribution in [1.82, 2.24) is 10.3 Å². The van der Waals surface area contributed by atoms with Crippen LogP contribution in [0.2, 0.25) is 0 Å². The molecule has 166 valence electrons. The van der Waals surface area contributed by atoms with Crippen molar-refractivity contribution in [3.63, 3.8) is 0 Å². The largest absolute Gasteiger partial charge is 0.481 e. The molecule has 1 aromatic heterocycles. The fourth-order valence-corrected chi connectivity index (χ4v) is 3.39. The van der Waals surface area contributed by atoms with Crippen LogP contribution in [0.25, 0.3) is 10.8 Å². The van der Waals surface area contributed by atoms with Gasteiger partial charge in [-0.2, -0.15) is 18.2 Å². The minimum Gasteiger partial charge on any atom is -0.481 e. The number of pyridine rings is 1. The van der Waals surface area contributed by atoms with Crippen LogP contribution in [0.4, 0.5) is 19.0 Å². The number of halogens is 4. The van der Waals surface area contributed by atoms with Gasteiger partial charge < -0.3 is 20.1 Å². The Morgan fingerprint density at radius 3 is 2.57 bits per heavy atom. The first-order valence-corrected chi connectivity index (χ1v) is 10.5. The number of benzene rings is 1. The third-order valence-electron chi connectivity index (χ3n) is 4.91. The maximum absolute atomic E-state index is 12.9. The van der Waals surface area contributed by atoms with Crippen molar-refractivity contribution in [3.8, 4) is 5.88 Å². The van der Waals surface area contributed by atoms with Gasteiger partial charge in [0.25, 0.3) is 5.91 Å². The monoisotopic (exact) mass is 540 g/mol. The zero-order valence-corrected chi connectivity index (χ0v) is 18.5. The van der Waals surface area contributed by atoms with Gasteiger partial charge in [-0.3, -0.25) is 8.74 Å². The number of piperidine rings is 1. The van der Waals surface area contributed by atoms with E-state index in [1.165, 1.54) is 7.11 Å². The molecule has 30 heavy (non-hydrogen) atoms. The third kappa shape index (κ3) is 5.85. The number of alkyl halides is 3. The van der Waals surface area contributed by atoms with E-state index in [1.807, 2.05) is 4.90 Å². The second kappa shape index (κ2) is 11.0. The molecule has 2 heterocycles. The number of aromatic nitrogens is 1. The van der Waals surface area contributed by atoms with E-state index in [2.05, 4.69) is 14.2 Å². The highest BCUT2D eigenvalue weighted by Gasteiger charge is 2.41. The Morgan fingerprint density at radius 2 is 2.00 bits per heavy atom. The predicted molar refractivity (Wildman–Crippen MR) is 117 cm³/mol. The van der Waals surface area contributed by atoms with Crippen LogP contribution in [0.1, 0.15) is 23.2 Å². The third-order valence-corrected chi connectivity index (χ3v) is 4.91. The number of rotatable bonds is 5. The van der Waals surface area contributed by atoms with E-state index in [0.717, 1.165) is 5.39 Å². The number of nitrogens with two attached hydrogens (primary N) is 1. The molecule has 0 atom stereocenters. The molecular formula is C19H24F3IN4O3. The number of carbonyl (C=O) groups is 1. The number of methoxy groups -OCH3 is 1. The van der Waals surface area contributed by atoms with E-state index in [-0.39, 0.29) is 45.0 Å². The number of aliphatic hydroxyl groups excluding tert-OH is 1. The number of anilines is 1. The Balaban J connectivity index is 0.00000155. The minimum atomic E-state index is -4.17. The highest BCUT2D eigenvalue weighted by molar-refractivity contribution is 14.1. The molecule has 1 aliphatic heterocycles. The summed E-state index contributed by atoms with van der Waals surface area (Å²) in [5.41, 5.74) is 0.413. The summed E-state index contributed by atoms with van der Waals surface area (Å²) in [6.45, 7) is 0.487. The molecule has 1 amide bonds. The summed E-state index contributed by atoms with van der Waals surface area (Å²) in [5.74, 6) is -0.729. The average molecular weight is 540 g/mol. The van der Waals surface area contributed by atoms with Gasteiger partial charge in [0.2, 0.25) is 5.88 Å². The molecule has 0 aliphatic carbocycles. The number of aliphatic hydroxyl groups is 1. The average Bonchev–Trinajstić information content (AvgIpc) is 2.77. The molecule has 3 rings (SSSR count). The first-order valence-electron chi connectivity index (χ1n) is 9.25. The van der Waals surface area contributed by atoms with Crippen molar-refractivity contribution < 1.29 is 27.8 Å². The van der Waals surface area contributed by atoms with Gasteiger partial charge in [-0.25, -0.2) is 0 Å². The zero-order valence-electron chi connectivity index (χ0n) is 16.4. The molecule has 0 unspecified atom stereocenters. The normalized spacial score (nSPS) is 14.8. The number of hydrogen-bond acceptors (Lipinski definition) is 6. The molecule has 0 spiro atoms. The SMILES string of the molecule is COc1cc2cc(C(=O)NCCO)ccc2c(N2CCC(C(F)(F)F)CC2)n1.NI. The van der Waals surface area contributed by atoms with Gasteiger partial charge in [0.1, 0.15) is 5.82 Å². The van der Waals surface area contributed by atoms with Crippen molar-refractivity contribution in [2.45, 2.75) is 19.0 Å². The van der Waals surface area contributed by atoms with Crippen LogP contribution in [-0.4, -0.2) is 55.5 Å². The standard InChI is InChI=1S/C19H22F3N3O3.H2IN/c1-28-16-11-13-10-12(18(27)23-6-9-26)2-3-15(13)17(24-16)25-7-4-14(5-8-25)19(20,21)22;1-2/h2-3,10-11,14,26H,4-9H2,1H3,(H,23,27);2H2. The lowest BCUT2D eigenvalue weighted by Crippen LogP contribution is -2.39. The summed E-state index contributed by atoms with van der Waals surface area (Å²) in [6.07, 6.45) is -4.14. The van der Waals surface area contributed by atoms with Crippen LogP contribution in [-0.2, 0) is 0 Å². The van der Waals surface area contributed by atoms with Crippen molar-refractivity contribution in [2.24, 2.45) is 9.86 Å². The fraction of sp³-hybridized carbons (Fsp3) is 0.474. The van der Waals surface area contributed by atoms with Gasteiger partial charge in [-0.15, -0.1) is 0 Å². The number of nitrogens with zero attached hydrogens (tertiary/aromatic N) is 2. The number of hydrogen-bond donors (Lipinski definition) is 3. The lowest BCUT2D eigenvalue weighted by Gasteiger charge is -2.34. The lowest BCUT2D eigenvalue weighted by atomic mass is 9.96. The van der Waals surface area contributed by atoms with Crippen molar-refractivity contribution >= 4 is 45.4 Å². The molecule has 1 aromatic carbocycles. The summed E-state index contributed by atoms with van der Waals surface area (Å²) in [6, 6.07) is 6.73. The molecule has 0 saturated carbocycles. The first-order chi connectivity index (χ1) is 14.3. The maximum atomic E-state index is 12.9. The summed E-state index contributed by atoms with van der Waals surface area (Å²) >= 11 is 1.65. The van der Waals surface area contributed by atoms with Crippen LogP contribution in [0, 0.1) is 5.92 Å².